The van der Waals surface area contributed by atoms with E-state index in [1.54, 1.807) is 12.1 Å². The number of methoxy groups -OCH3 is 1. The van der Waals surface area contributed by atoms with Crippen molar-refractivity contribution in [3.63, 3.8) is 0 Å². The number of hydrogen-bond donors (Lipinski definition) is 2. The molecule has 0 saturated heterocycles. The molecule has 4 N–H and O–H groups in total. The Morgan fingerprint density at radius 1 is 1.54 bits per heavy atom. The number of anilines is 1. The second kappa shape index (κ2) is 3.66. The quantitative estimate of drug-likeness (QED) is 0.767. The van der Waals surface area contributed by atoms with Crippen LogP contribution in [0.5, 0.6) is 5.75 Å². The van der Waals surface area contributed by atoms with E-state index in [1.165, 1.54) is 7.11 Å². The van der Waals surface area contributed by atoms with E-state index in [0.29, 0.717) is 15.9 Å². The first-order valence-electron chi connectivity index (χ1n) is 3.49. The summed E-state index contributed by atoms with van der Waals surface area (Å²) >= 11 is 3.19. The first kappa shape index (κ1) is 9.85. The summed E-state index contributed by atoms with van der Waals surface area (Å²) < 4.78 is 5.57. The summed E-state index contributed by atoms with van der Waals surface area (Å²) in [6.07, 6.45) is 0. The summed E-state index contributed by atoms with van der Waals surface area (Å²) in [6.45, 7) is 0. The average Bonchev–Trinajstić information content (AvgIpc) is 2.08. The molecule has 0 bridgehead atoms. The number of nitrogens with two attached hydrogens (primary N) is 2. The van der Waals surface area contributed by atoms with Gasteiger partial charge in [-0.2, -0.15) is 0 Å². The number of benzene rings is 1. The Balaban J connectivity index is 3.41. The molecule has 0 radical (unpaired) electrons. The van der Waals surface area contributed by atoms with E-state index in [9.17, 15) is 4.79 Å². The van der Waals surface area contributed by atoms with Gasteiger partial charge in [-0.05, 0) is 28.1 Å². The van der Waals surface area contributed by atoms with Gasteiger partial charge in [0.15, 0.2) is 0 Å². The molecular formula is C8H9BrN2O2. The Hall–Kier alpha value is -1.23. The van der Waals surface area contributed by atoms with Crippen LogP contribution in [0.4, 0.5) is 5.69 Å². The van der Waals surface area contributed by atoms with Crippen LogP contribution >= 0.6 is 15.9 Å². The minimum atomic E-state index is -0.601. The summed E-state index contributed by atoms with van der Waals surface area (Å²) in [5.41, 5.74) is 11.3. The first-order chi connectivity index (χ1) is 6.07. The molecule has 0 heterocycles. The van der Waals surface area contributed by atoms with Gasteiger partial charge in [0.05, 0.1) is 12.8 Å². The van der Waals surface area contributed by atoms with Crippen LogP contribution in [0.1, 0.15) is 10.4 Å². The van der Waals surface area contributed by atoms with Crippen LogP contribution in [-0.2, 0) is 0 Å². The predicted octanol–water partition coefficient (Wildman–Crippen LogP) is 1.14. The van der Waals surface area contributed by atoms with Crippen molar-refractivity contribution >= 4 is 27.5 Å². The number of halogens is 1. The van der Waals surface area contributed by atoms with Crippen molar-refractivity contribution in [2.24, 2.45) is 5.73 Å². The van der Waals surface area contributed by atoms with Crippen LogP contribution in [0.3, 0.4) is 0 Å². The SMILES string of the molecule is COc1ccc(Br)c(N)c1C(N)=O. The van der Waals surface area contributed by atoms with Crippen molar-refractivity contribution < 1.29 is 9.53 Å². The number of carbonyl (C=O) groups is 1. The van der Waals surface area contributed by atoms with Crippen molar-refractivity contribution in [3.8, 4) is 5.75 Å². The Kier molecular flexibility index (Phi) is 2.77. The van der Waals surface area contributed by atoms with Gasteiger partial charge in [-0.3, -0.25) is 4.79 Å². The standard InChI is InChI=1S/C8H9BrN2O2/c1-13-5-3-2-4(9)7(10)6(5)8(11)12/h2-3H,10H2,1H3,(H2,11,12). The normalized spacial score (nSPS) is 9.69. The third kappa shape index (κ3) is 1.75. The maximum atomic E-state index is 11.0. The van der Waals surface area contributed by atoms with Crippen LogP contribution in [0.15, 0.2) is 16.6 Å². The molecule has 0 fully saturated rings. The largest absolute Gasteiger partial charge is 0.496 e. The molecule has 1 rings (SSSR count). The minimum Gasteiger partial charge on any atom is -0.496 e. The molecule has 0 spiro atoms. The zero-order valence-electron chi connectivity index (χ0n) is 7.00. The van der Waals surface area contributed by atoms with Gasteiger partial charge in [0.2, 0.25) is 0 Å². The van der Waals surface area contributed by atoms with E-state index in [1.807, 2.05) is 0 Å². The Morgan fingerprint density at radius 2 is 2.15 bits per heavy atom. The Bertz CT molecular complexity index is 352. The van der Waals surface area contributed by atoms with E-state index in [0.717, 1.165) is 0 Å². The van der Waals surface area contributed by atoms with E-state index >= 15 is 0 Å². The molecule has 0 aliphatic heterocycles. The molecule has 70 valence electrons. The lowest BCUT2D eigenvalue weighted by atomic mass is 10.1. The fraction of sp³-hybridized carbons (Fsp3) is 0.125. The van der Waals surface area contributed by atoms with E-state index in [2.05, 4.69) is 15.9 Å². The van der Waals surface area contributed by atoms with E-state index < -0.39 is 5.91 Å². The molecule has 0 aliphatic carbocycles. The number of hydrogen-bond acceptors (Lipinski definition) is 3. The predicted molar refractivity (Wildman–Crippen MR) is 53.6 cm³/mol. The third-order valence-corrected chi connectivity index (χ3v) is 2.31. The van der Waals surface area contributed by atoms with Gasteiger partial charge in [-0.25, -0.2) is 0 Å². The highest BCUT2D eigenvalue weighted by Gasteiger charge is 2.14. The lowest BCUT2D eigenvalue weighted by molar-refractivity contribution is 0.0998. The van der Waals surface area contributed by atoms with Gasteiger partial charge in [-0.1, -0.05) is 0 Å². The van der Waals surface area contributed by atoms with Crippen LogP contribution in [0, 0.1) is 0 Å². The lowest BCUT2D eigenvalue weighted by Crippen LogP contribution is -2.15. The summed E-state index contributed by atoms with van der Waals surface area (Å²) in [4.78, 5) is 11.0. The van der Waals surface area contributed by atoms with Gasteiger partial charge < -0.3 is 16.2 Å². The smallest absolute Gasteiger partial charge is 0.254 e. The maximum Gasteiger partial charge on any atom is 0.254 e. The Labute approximate surface area is 84.0 Å². The van der Waals surface area contributed by atoms with Crippen LogP contribution in [0.25, 0.3) is 0 Å². The molecule has 1 amide bonds. The average molecular weight is 245 g/mol. The number of ether oxygens (including phenoxy) is 1. The van der Waals surface area contributed by atoms with Crippen LogP contribution in [0.2, 0.25) is 0 Å². The van der Waals surface area contributed by atoms with Gasteiger partial charge in [0.25, 0.3) is 5.91 Å². The maximum absolute atomic E-state index is 11.0. The monoisotopic (exact) mass is 244 g/mol. The van der Waals surface area contributed by atoms with Gasteiger partial charge in [-0.15, -0.1) is 0 Å². The highest BCUT2D eigenvalue weighted by molar-refractivity contribution is 9.10. The van der Waals surface area contributed by atoms with Crippen molar-refractivity contribution in [1.29, 1.82) is 0 Å². The summed E-state index contributed by atoms with van der Waals surface area (Å²) in [6, 6.07) is 3.32. The molecule has 5 heteroatoms. The van der Waals surface area contributed by atoms with Crippen molar-refractivity contribution in [2.45, 2.75) is 0 Å². The topological polar surface area (TPSA) is 78.3 Å². The van der Waals surface area contributed by atoms with E-state index in [4.69, 9.17) is 16.2 Å². The zero-order chi connectivity index (χ0) is 10.0. The number of amides is 1. The van der Waals surface area contributed by atoms with Crippen molar-refractivity contribution in [3.05, 3.63) is 22.2 Å². The number of nitrogen functional groups attached to an aromatic ring is 1. The molecule has 0 aromatic heterocycles. The molecule has 1 aromatic carbocycles. The van der Waals surface area contributed by atoms with Crippen molar-refractivity contribution in [1.82, 2.24) is 0 Å². The number of rotatable bonds is 2. The number of carbonyl (C=O) groups excluding carboxylic acids is 1. The second-order valence-electron chi connectivity index (χ2n) is 2.40. The number of primary amides is 1. The molecule has 0 aliphatic rings. The molecule has 0 saturated carbocycles. The summed E-state index contributed by atoms with van der Waals surface area (Å²) in [5.74, 6) is -0.219. The molecule has 1 aromatic rings. The lowest BCUT2D eigenvalue weighted by Gasteiger charge is -2.09. The molecular weight excluding hydrogens is 236 g/mol. The van der Waals surface area contributed by atoms with Gasteiger partial charge >= 0.3 is 0 Å². The van der Waals surface area contributed by atoms with Gasteiger partial charge in [0, 0.05) is 4.47 Å². The first-order valence-corrected chi connectivity index (χ1v) is 4.29. The highest BCUT2D eigenvalue weighted by atomic mass is 79.9. The van der Waals surface area contributed by atoms with Gasteiger partial charge in [0.1, 0.15) is 11.3 Å². The van der Waals surface area contributed by atoms with Crippen molar-refractivity contribution in [2.75, 3.05) is 12.8 Å². The van der Waals surface area contributed by atoms with Crippen LogP contribution < -0.4 is 16.2 Å². The highest BCUT2D eigenvalue weighted by Crippen LogP contribution is 2.30. The molecule has 4 nitrogen and oxygen atoms in total. The fourth-order valence-electron chi connectivity index (χ4n) is 0.998. The van der Waals surface area contributed by atoms with E-state index in [-0.39, 0.29) is 5.56 Å². The van der Waals surface area contributed by atoms with Crippen LogP contribution in [-0.4, -0.2) is 13.0 Å². The molecule has 0 atom stereocenters. The fourth-order valence-corrected chi connectivity index (χ4v) is 1.33. The summed E-state index contributed by atoms with van der Waals surface area (Å²) in [7, 11) is 1.45. The third-order valence-electron chi connectivity index (χ3n) is 1.62. The minimum absolute atomic E-state index is 0.205. The Morgan fingerprint density at radius 3 is 2.62 bits per heavy atom. The second-order valence-corrected chi connectivity index (χ2v) is 3.26. The summed E-state index contributed by atoms with van der Waals surface area (Å²) in [5, 5.41) is 0. The molecule has 13 heavy (non-hydrogen) atoms. The zero-order valence-corrected chi connectivity index (χ0v) is 8.59. The molecule has 0 unspecified atom stereocenters.